The predicted molar refractivity (Wildman–Crippen MR) is 173 cm³/mol. The third kappa shape index (κ3) is 4.41. The molecule has 3 nitrogen and oxygen atoms in total. The van der Waals surface area contributed by atoms with E-state index >= 15 is 0 Å². The Bertz CT molecular complexity index is 1390. The van der Waals surface area contributed by atoms with Crippen molar-refractivity contribution in [1.29, 1.82) is 0 Å². The molecule has 212 valence electrons. The van der Waals surface area contributed by atoms with Gasteiger partial charge in [-0.3, -0.25) is 0 Å². The molecule has 0 aliphatic heterocycles. The highest BCUT2D eigenvalue weighted by Crippen LogP contribution is 2.48. The molecule has 1 aliphatic rings. The molecule has 0 unspecified atom stereocenters. The minimum absolute atomic E-state index is 0.230. The van der Waals surface area contributed by atoms with E-state index in [0.29, 0.717) is 0 Å². The summed E-state index contributed by atoms with van der Waals surface area (Å²) in [6.45, 7) is 22.6. The van der Waals surface area contributed by atoms with Crippen molar-refractivity contribution in [3.05, 3.63) is 92.1 Å². The smallest absolute Gasteiger partial charge is 0.160 e. The molecule has 4 heteroatoms. The Hall–Kier alpha value is -3.24. The van der Waals surface area contributed by atoms with Crippen molar-refractivity contribution in [2.45, 2.75) is 74.8 Å². The molecule has 0 heterocycles. The van der Waals surface area contributed by atoms with Gasteiger partial charge in [0, 0.05) is 5.54 Å². The molecule has 4 rings (SSSR count). The van der Waals surface area contributed by atoms with Crippen molar-refractivity contribution in [3.63, 3.8) is 0 Å². The van der Waals surface area contributed by atoms with Crippen LogP contribution < -0.4 is 29.8 Å². The van der Waals surface area contributed by atoms with Crippen LogP contribution in [0.2, 0.25) is 5.54 Å². The summed E-state index contributed by atoms with van der Waals surface area (Å²) < 4.78 is 18.1. The zero-order valence-corrected chi connectivity index (χ0v) is 27.8. The van der Waals surface area contributed by atoms with Gasteiger partial charge in [0.25, 0.3) is 0 Å². The summed E-state index contributed by atoms with van der Waals surface area (Å²) in [6.07, 6.45) is 0. The van der Waals surface area contributed by atoms with Gasteiger partial charge in [-0.1, -0.05) is 29.3 Å². The van der Waals surface area contributed by atoms with E-state index in [2.05, 4.69) is 106 Å². The standard InChI is InChI=1S/C36H46O3Si/c1-20-14-30(37-11)27(8)33(17-20)40(36-25(6)23(4)24(5)26(36)7,34-18-21(2)15-31(38-12)28(34)9)35-19-22(3)16-32(39-13)29(35)10/h14-19,36H,1-13H3. The number of methoxy groups -OCH3 is 3. The van der Waals surface area contributed by atoms with Crippen LogP contribution in [-0.2, 0) is 0 Å². The second-order valence-electron chi connectivity index (χ2n) is 11.8. The van der Waals surface area contributed by atoms with Crippen molar-refractivity contribution in [3.8, 4) is 17.2 Å². The molecule has 0 amide bonds. The van der Waals surface area contributed by atoms with E-state index in [1.54, 1.807) is 21.3 Å². The molecular formula is C36H46O3Si. The maximum absolute atomic E-state index is 6.04. The van der Waals surface area contributed by atoms with Crippen LogP contribution in [0.15, 0.2) is 58.7 Å². The molecule has 0 fully saturated rings. The third-order valence-corrected chi connectivity index (χ3v) is 15.3. The first-order chi connectivity index (χ1) is 18.8. The summed E-state index contributed by atoms with van der Waals surface area (Å²) in [5.74, 6) is 2.82. The molecule has 0 N–H and O–H groups in total. The van der Waals surface area contributed by atoms with Gasteiger partial charge in [-0.05, 0) is 148 Å². The van der Waals surface area contributed by atoms with Crippen LogP contribution in [0.25, 0.3) is 0 Å². The maximum Gasteiger partial charge on any atom is 0.160 e. The summed E-state index contributed by atoms with van der Waals surface area (Å²) in [6, 6.07) is 13.8. The lowest BCUT2D eigenvalue weighted by Crippen LogP contribution is -2.72. The van der Waals surface area contributed by atoms with Gasteiger partial charge >= 0.3 is 0 Å². The number of aryl methyl sites for hydroxylation is 3. The monoisotopic (exact) mass is 554 g/mol. The predicted octanol–water partition coefficient (Wildman–Crippen LogP) is 7.09. The van der Waals surface area contributed by atoms with Gasteiger partial charge in [0.15, 0.2) is 8.07 Å². The summed E-state index contributed by atoms with van der Waals surface area (Å²) >= 11 is 0. The second-order valence-corrected chi connectivity index (χ2v) is 15.6. The number of hydrogen-bond donors (Lipinski definition) is 0. The molecule has 0 saturated carbocycles. The topological polar surface area (TPSA) is 27.7 Å². The van der Waals surface area contributed by atoms with Gasteiger partial charge in [0.05, 0.1) is 21.3 Å². The number of allylic oxidation sites excluding steroid dienone is 4. The lowest BCUT2D eigenvalue weighted by atomic mass is 10.1. The van der Waals surface area contributed by atoms with E-state index in [4.69, 9.17) is 14.2 Å². The first kappa shape index (κ1) is 29.7. The largest absolute Gasteiger partial charge is 0.496 e. The highest BCUT2D eigenvalue weighted by Gasteiger charge is 2.53. The summed E-state index contributed by atoms with van der Waals surface area (Å²) in [7, 11) is 2.44. The Morgan fingerprint density at radius 1 is 0.450 bits per heavy atom. The highest BCUT2D eigenvalue weighted by atomic mass is 28.3. The number of benzene rings is 3. The van der Waals surface area contributed by atoms with E-state index in [1.165, 1.54) is 71.2 Å². The summed E-state index contributed by atoms with van der Waals surface area (Å²) in [5.41, 5.74) is 13.2. The highest BCUT2D eigenvalue weighted by molar-refractivity contribution is 7.14. The van der Waals surface area contributed by atoms with Gasteiger partial charge in [0.1, 0.15) is 17.2 Å². The van der Waals surface area contributed by atoms with Crippen molar-refractivity contribution >= 4 is 23.6 Å². The molecule has 40 heavy (non-hydrogen) atoms. The van der Waals surface area contributed by atoms with Gasteiger partial charge < -0.3 is 14.2 Å². The van der Waals surface area contributed by atoms with Gasteiger partial charge in [-0.15, -0.1) is 0 Å². The Morgan fingerprint density at radius 2 is 0.725 bits per heavy atom. The van der Waals surface area contributed by atoms with E-state index in [9.17, 15) is 0 Å². The fourth-order valence-corrected chi connectivity index (χ4v) is 14.3. The van der Waals surface area contributed by atoms with Gasteiger partial charge in [-0.25, -0.2) is 0 Å². The minimum atomic E-state index is -2.93. The van der Waals surface area contributed by atoms with Crippen LogP contribution >= 0.6 is 0 Å². The number of ether oxygens (including phenoxy) is 3. The van der Waals surface area contributed by atoms with Gasteiger partial charge in [0.2, 0.25) is 0 Å². The van der Waals surface area contributed by atoms with Crippen LogP contribution in [-0.4, -0.2) is 29.4 Å². The lowest BCUT2D eigenvalue weighted by Gasteiger charge is -2.44. The zero-order valence-electron chi connectivity index (χ0n) is 26.8. The maximum atomic E-state index is 6.04. The van der Waals surface area contributed by atoms with Crippen molar-refractivity contribution in [2.75, 3.05) is 21.3 Å². The van der Waals surface area contributed by atoms with Crippen LogP contribution in [0.1, 0.15) is 61.1 Å². The second kappa shape index (κ2) is 11.0. The van der Waals surface area contributed by atoms with E-state index in [1.807, 2.05) is 0 Å². The molecule has 3 aromatic rings. The zero-order chi connectivity index (χ0) is 29.7. The number of rotatable bonds is 7. The molecule has 3 aromatic carbocycles. The van der Waals surface area contributed by atoms with Crippen LogP contribution in [0.4, 0.5) is 0 Å². The Balaban J connectivity index is 2.43. The lowest BCUT2D eigenvalue weighted by molar-refractivity contribution is 0.411. The van der Waals surface area contributed by atoms with Crippen molar-refractivity contribution < 1.29 is 14.2 Å². The summed E-state index contributed by atoms with van der Waals surface area (Å²) in [5, 5.41) is 4.17. The average molecular weight is 555 g/mol. The van der Waals surface area contributed by atoms with Crippen LogP contribution in [0, 0.1) is 41.5 Å². The Labute approximate surface area is 242 Å². The Morgan fingerprint density at radius 3 is 0.975 bits per heavy atom. The van der Waals surface area contributed by atoms with Crippen LogP contribution in [0.3, 0.4) is 0 Å². The SMILES string of the molecule is COc1cc(C)cc([Si](c2cc(C)cc(OC)c2C)(c2cc(C)cc(OC)c2C)C2C(C)=C(C)C(C)=C2C)c1C. The molecule has 0 atom stereocenters. The van der Waals surface area contributed by atoms with Crippen molar-refractivity contribution in [1.82, 2.24) is 0 Å². The first-order valence-electron chi connectivity index (χ1n) is 14.2. The fraction of sp³-hybridized carbons (Fsp3) is 0.389. The molecule has 1 aliphatic carbocycles. The van der Waals surface area contributed by atoms with E-state index < -0.39 is 8.07 Å². The van der Waals surface area contributed by atoms with E-state index in [0.717, 1.165) is 17.2 Å². The number of hydrogen-bond acceptors (Lipinski definition) is 3. The van der Waals surface area contributed by atoms with Gasteiger partial charge in [-0.2, -0.15) is 0 Å². The molecule has 0 spiro atoms. The van der Waals surface area contributed by atoms with Crippen molar-refractivity contribution in [2.24, 2.45) is 0 Å². The molecule has 0 radical (unpaired) electrons. The summed E-state index contributed by atoms with van der Waals surface area (Å²) in [4.78, 5) is 0. The third-order valence-electron chi connectivity index (χ3n) is 9.49. The molecule has 0 bridgehead atoms. The van der Waals surface area contributed by atoms with E-state index in [-0.39, 0.29) is 5.54 Å². The Kier molecular flexibility index (Phi) is 8.15. The normalized spacial score (nSPS) is 14.3. The molecule has 0 aromatic heterocycles. The quantitative estimate of drug-likeness (QED) is 0.231. The molecular weight excluding hydrogens is 508 g/mol. The minimum Gasteiger partial charge on any atom is -0.496 e. The fourth-order valence-electron chi connectivity index (χ4n) is 7.24. The first-order valence-corrected chi connectivity index (χ1v) is 16.2. The average Bonchev–Trinajstić information content (AvgIpc) is 3.11. The van der Waals surface area contributed by atoms with Crippen LogP contribution in [0.5, 0.6) is 17.2 Å². The molecule has 0 saturated heterocycles.